The highest BCUT2D eigenvalue weighted by atomic mass is 15.1. The monoisotopic (exact) mass is 303 g/mol. The molecule has 23 heavy (non-hydrogen) atoms. The van der Waals surface area contributed by atoms with E-state index in [0.717, 1.165) is 42.3 Å². The standard InChI is InChI=1S/C18H17N5/c1-23-11-8-13-14(12-23)18(16-7-3-5-10-20-16)22-21-17(13)15-6-2-4-9-19-15/h2-7,9-10H,8,11-12H2,1H3. The predicted octanol–water partition coefficient (Wildman–Crippen LogP) is 2.59. The van der Waals surface area contributed by atoms with Crippen molar-refractivity contribution >= 4 is 0 Å². The van der Waals surface area contributed by atoms with E-state index in [1.54, 1.807) is 12.4 Å². The van der Waals surface area contributed by atoms with Crippen molar-refractivity contribution < 1.29 is 0 Å². The van der Waals surface area contributed by atoms with Gasteiger partial charge in [-0.15, -0.1) is 10.2 Å². The average Bonchev–Trinajstić information content (AvgIpc) is 2.62. The minimum Gasteiger partial charge on any atom is -0.302 e. The Labute approximate surface area is 135 Å². The fourth-order valence-electron chi connectivity index (χ4n) is 3.02. The van der Waals surface area contributed by atoms with Crippen LogP contribution in [0.3, 0.4) is 0 Å². The van der Waals surface area contributed by atoms with E-state index in [-0.39, 0.29) is 0 Å². The minimum absolute atomic E-state index is 0.858. The fraction of sp³-hybridized carbons (Fsp3) is 0.222. The summed E-state index contributed by atoms with van der Waals surface area (Å²) in [5.74, 6) is 0. The summed E-state index contributed by atoms with van der Waals surface area (Å²) in [7, 11) is 2.13. The second kappa shape index (κ2) is 5.85. The van der Waals surface area contributed by atoms with Crippen LogP contribution in [-0.4, -0.2) is 38.7 Å². The van der Waals surface area contributed by atoms with Crippen molar-refractivity contribution in [3.63, 3.8) is 0 Å². The van der Waals surface area contributed by atoms with E-state index < -0.39 is 0 Å². The molecule has 0 amide bonds. The number of hydrogen-bond acceptors (Lipinski definition) is 5. The molecule has 4 heterocycles. The Morgan fingerprint density at radius 2 is 1.43 bits per heavy atom. The van der Waals surface area contributed by atoms with Crippen molar-refractivity contribution in [2.24, 2.45) is 0 Å². The van der Waals surface area contributed by atoms with Crippen molar-refractivity contribution in [3.8, 4) is 22.8 Å². The summed E-state index contributed by atoms with van der Waals surface area (Å²) < 4.78 is 0. The van der Waals surface area contributed by atoms with Gasteiger partial charge in [-0.25, -0.2) is 0 Å². The molecule has 0 radical (unpaired) electrons. The first-order valence-corrected chi connectivity index (χ1v) is 7.72. The van der Waals surface area contributed by atoms with Crippen LogP contribution in [0, 0.1) is 0 Å². The van der Waals surface area contributed by atoms with Crippen molar-refractivity contribution in [2.75, 3.05) is 13.6 Å². The highest BCUT2D eigenvalue weighted by Gasteiger charge is 2.24. The van der Waals surface area contributed by atoms with Crippen molar-refractivity contribution in [1.82, 2.24) is 25.1 Å². The summed E-state index contributed by atoms with van der Waals surface area (Å²) in [4.78, 5) is 11.2. The smallest absolute Gasteiger partial charge is 0.116 e. The second-order valence-electron chi connectivity index (χ2n) is 5.77. The van der Waals surface area contributed by atoms with Gasteiger partial charge in [-0.1, -0.05) is 12.1 Å². The molecule has 4 rings (SSSR count). The molecule has 1 aliphatic rings. The zero-order valence-electron chi connectivity index (χ0n) is 13.0. The van der Waals surface area contributed by atoms with E-state index in [1.807, 2.05) is 36.4 Å². The third kappa shape index (κ3) is 2.59. The van der Waals surface area contributed by atoms with Gasteiger partial charge in [-0.05, 0) is 43.3 Å². The van der Waals surface area contributed by atoms with Crippen LogP contribution in [0.25, 0.3) is 22.8 Å². The van der Waals surface area contributed by atoms with Gasteiger partial charge in [0.2, 0.25) is 0 Å². The van der Waals surface area contributed by atoms with Gasteiger partial charge < -0.3 is 4.90 Å². The van der Waals surface area contributed by atoms with Crippen LogP contribution >= 0.6 is 0 Å². The Morgan fingerprint density at radius 1 is 0.826 bits per heavy atom. The van der Waals surface area contributed by atoms with Gasteiger partial charge in [-0.2, -0.15) is 0 Å². The summed E-state index contributed by atoms with van der Waals surface area (Å²) in [5.41, 5.74) is 6.00. The van der Waals surface area contributed by atoms with Crippen LogP contribution in [0.2, 0.25) is 0 Å². The summed E-state index contributed by atoms with van der Waals surface area (Å²) in [6.07, 6.45) is 4.54. The van der Waals surface area contributed by atoms with Gasteiger partial charge in [0.25, 0.3) is 0 Å². The first-order valence-electron chi connectivity index (χ1n) is 7.72. The molecule has 0 atom stereocenters. The molecule has 0 N–H and O–H groups in total. The maximum Gasteiger partial charge on any atom is 0.116 e. The van der Waals surface area contributed by atoms with E-state index in [9.17, 15) is 0 Å². The number of rotatable bonds is 2. The van der Waals surface area contributed by atoms with Gasteiger partial charge in [0.1, 0.15) is 11.4 Å². The molecule has 0 bridgehead atoms. The van der Waals surface area contributed by atoms with E-state index in [0.29, 0.717) is 0 Å². The van der Waals surface area contributed by atoms with Gasteiger partial charge >= 0.3 is 0 Å². The Bertz CT molecular complexity index is 818. The summed E-state index contributed by atoms with van der Waals surface area (Å²) in [6, 6.07) is 11.8. The number of likely N-dealkylation sites (N-methyl/N-ethyl adjacent to an activating group) is 1. The third-order valence-corrected chi connectivity index (χ3v) is 4.17. The lowest BCUT2D eigenvalue weighted by molar-refractivity contribution is 0.312. The van der Waals surface area contributed by atoms with Gasteiger partial charge in [0.05, 0.1) is 11.4 Å². The summed E-state index contributed by atoms with van der Waals surface area (Å²) in [5, 5.41) is 8.99. The normalized spacial score (nSPS) is 14.5. The Balaban J connectivity index is 1.91. The molecule has 0 saturated carbocycles. The molecule has 1 aliphatic heterocycles. The Hall–Kier alpha value is -2.66. The highest BCUT2D eigenvalue weighted by Crippen LogP contribution is 2.31. The van der Waals surface area contributed by atoms with Crippen LogP contribution in [-0.2, 0) is 13.0 Å². The van der Waals surface area contributed by atoms with Crippen LogP contribution < -0.4 is 0 Å². The first kappa shape index (κ1) is 14.0. The predicted molar refractivity (Wildman–Crippen MR) is 88.5 cm³/mol. The molecule has 5 heteroatoms. The minimum atomic E-state index is 0.858. The Morgan fingerprint density at radius 3 is 2.00 bits per heavy atom. The lowest BCUT2D eigenvalue weighted by Crippen LogP contribution is -2.28. The molecule has 3 aromatic rings. The van der Waals surface area contributed by atoms with Crippen LogP contribution in [0.5, 0.6) is 0 Å². The van der Waals surface area contributed by atoms with Crippen LogP contribution in [0.4, 0.5) is 0 Å². The average molecular weight is 303 g/mol. The van der Waals surface area contributed by atoms with Crippen molar-refractivity contribution in [3.05, 3.63) is 59.9 Å². The third-order valence-electron chi connectivity index (χ3n) is 4.17. The maximum atomic E-state index is 4.49. The number of aromatic nitrogens is 4. The van der Waals surface area contributed by atoms with Crippen molar-refractivity contribution in [1.29, 1.82) is 0 Å². The molecule has 0 aliphatic carbocycles. The van der Waals surface area contributed by atoms with Crippen LogP contribution in [0.15, 0.2) is 48.8 Å². The van der Waals surface area contributed by atoms with Gasteiger partial charge in [0.15, 0.2) is 0 Å². The highest BCUT2D eigenvalue weighted by molar-refractivity contribution is 5.68. The topological polar surface area (TPSA) is 54.8 Å². The summed E-state index contributed by atoms with van der Waals surface area (Å²) in [6.45, 7) is 1.87. The maximum absolute atomic E-state index is 4.49. The van der Waals surface area contributed by atoms with E-state index >= 15 is 0 Å². The quantitative estimate of drug-likeness (QED) is 0.728. The zero-order valence-corrected chi connectivity index (χ0v) is 13.0. The molecule has 5 nitrogen and oxygen atoms in total. The van der Waals surface area contributed by atoms with E-state index in [4.69, 9.17) is 0 Å². The molecule has 0 aromatic carbocycles. The SMILES string of the molecule is CN1CCc2c(-c3ccccn3)nnc(-c3ccccn3)c2C1. The number of hydrogen-bond donors (Lipinski definition) is 0. The molecule has 0 saturated heterocycles. The molecular formula is C18H17N5. The van der Waals surface area contributed by atoms with Crippen LogP contribution in [0.1, 0.15) is 11.1 Å². The molecular weight excluding hydrogens is 286 g/mol. The largest absolute Gasteiger partial charge is 0.302 e. The van der Waals surface area contributed by atoms with Gasteiger partial charge in [-0.3, -0.25) is 9.97 Å². The van der Waals surface area contributed by atoms with E-state index in [2.05, 4.69) is 32.1 Å². The Kier molecular flexibility index (Phi) is 3.55. The first-order chi connectivity index (χ1) is 11.3. The number of nitrogens with zero attached hydrogens (tertiary/aromatic N) is 5. The molecule has 0 spiro atoms. The number of fused-ring (bicyclic) bond motifs is 1. The van der Waals surface area contributed by atoms with Gasteiger partial charge in [0, 0.05) is 31.0 Å². The fourth-order valence-corrected chi connectivity index (χ4v) is 3.02. The van der Waals surface area contributed by atoms with Crippen molar-refractivity contribution in [2.45, 2.75) is 13.0 Å². The lowest BCUT2D eigenvalue weighted by Gasteiger charge is -2.27. The zero-order chi connectivity index (χ0) is 15.6. The second-order valence-corrected chi connectivity index (χ2v) is 5.77. The van der Waals surface area contributed by atoms with E-state index in [1.165, 1.54) is 11.1 Å². The lowest BCUT2D eigenvalue weighted by atomic mass is 9.95. The molecule has 3 aromatic heterocycles. The molecule has 114 valence electrons. The summed E-state index contributed by atoms with van der Waals surface area (Å²) >= 11 is 0. The molecule has 0 fully saturated rings. The number of pyridine rings is 2. The molecule has 0 unspecified atom stereocenters.